The Kier molecular flexibility index (Phi) is 5.40. The Bertz CT molecular complexity index is 527. The summed E-state index contributed by atoms with van der Waals surface area (Å²) in [5, 5.41) is 19.2. The largest absolute Gasteiger partial charge is 0.396 e. The van der Waals surface area contributed by atoms with E-state index in [0.717, 1.165) is 0 Å². The molecular formula is C11H16N2O5S. The Labute approximate surface area is 111 Å². The standard InChI is InChI=1S/C11H16N2O5S/c1-9(6-7-14)12-19(17,18)8-10-2-4-11(5-3-10)13(15)16/h2-5,9,12,14H,6-8H2,1H3. The highest BCUT2D eigenvalue weighted by atomic mass is 32.2. The molecule has 0 radical (unpaired) electrons. The van der Waals surface area contributed by atoms with E-state index in [9.17, 15) is 18.5 Å². The van der Waals surface area contributed by atoms with E-state index in [1.54, 1.807) is 6.92 Å². The molecule has 0 aliphatic heterocycles. The van der Waals surface area contributed by atoms with Gasteiger partial charge in [0.05, 0.1) is 10.7 Å². The first-order valence-electron chi connectivity index (χ1n) is 5.68. The maximum Gasteiger partial charge on any atom is 0.269 e. The normalized spacial score (nSPS) is 13.2. The van der Waals surface area contributed by atoms with E-state index in [4.69, 9.17) is 5.11 Å². The predicted octanol–water partition coefficient (Wildman–Crippen LogP) is 0.785. The second kappa shape index (κ2) is 6.60. The second-order valence-corrected chi connectivity index (χ2v) is 5.97. The van der Waals surface area contributed by atoms with Gasteiger partial charge < -0.3 is 5.11 Å². The molecule has 1 atom stereocenters. The number of hydrogen-bond donors (Lipinski definition) is 2. The van der Waals surface area contributed by atoms with Gasteiger partial charge in [0.2, 0.25) is 10.0 Å². The topological polar surface area (TPSA) is 110 Å². The summed E-state index contributed by atoms with van der Waals surface area (Å²) in [5.41, 5.74) is 0.386. The third-order valence-corrected chi connectivity index (χ3v) is 3.92. The van der Waals surface area contributed by atoms with E-state index >= 15 is 0 Å². The zero-order valence-electron chi connectivity index (χ0n) is 10.4. The molecule has 0 fully saturated rings. The zero-order chi connectivity index (χ0) is 14.5. The minimum Gasteiger partial charge on any atom is -0.396 e. The van der Waals surface area contributed by atoms with Crippen molar-refractivity contribution in [2.45, 2.75) is 25.1 Å². The van der Waals surface area contributed by atoms with Crippen LogP contribution in [0.4, 0.5) is 5.69 Å². The predicted molar refractivity (Wildman–Crippen MR) is 70.0 cm³/mol. The Balaban J connectivity index is 2.70. The van der Waals surface area contributed by atoms with Crippen molar-refractivity contribution in [3.8, 4) is 0 Å². The van der Waals surface area contributed by atoms with Crippen molar-refractivity contribution in [1.82, 2.24) is 4.72 Å². The monoisotopic (exact) mass is 288 g/mol. The fraction of sp³-hybridized carbons (Fsp3) is 0.455. The summed E-state index contributed by atoms with van der Waals surface area (Å²) in [6.07, 6.45) is 0.333. The van der Waals surface area contributed by atoms with Crippen LogP contribution in [0, 0.1) is 10.1 Å². The highest BCUT2D eigenvalue weighted by molar-refractivity contribution is 7.88. The highest BCUT2D eigenvalue weighted by Crippen LogP contribution is 2.13. The summed E-state index contributed by atoms with van der Waals surface area (Å²) in [4.78, 5) is 9.92. The van der Waals surface area contributed by atoms with Crippen LogP contribution in [-0.2, 0) is 15.8 Å². The van der Waals surface area contributed by atoms with Crippen molar-refractivity contribution >= 4 is 15.7 Å². The van der Waals surface area contributed by atoms with Crippen LogP contribution >= 0.6 is 0 Å². The summed E-state index contributed by atoms with van der Waals surface area (Å²) in [6, 6.07) is 5.00. The first-order valence-corrected chi connectivity index (χ1v) is 7.33. The molecule has 0 aromatic heterocycles. The Hall–Kier alpha value is -1.51. The summed E-state index contributed by atoms with van der Waals surface area (Å²) in [5.74, 6) is -0.249. The minimum absolute atomic E-state index is 0.0808. The van der Waals surface area contributed by atoms with Crippen LogP contribution < -0.4 is 4.72 Å². The van der Waals surface area contributed by atoms with E-state index in [1.807, 2.05) is 0 Å². The lowest BCUT2D eigenvalue weighted by Crippen LogP contribution is -2.34. The maximum absolute atomic E-state index is 11.8. The Morgan fingerprint density at radius 2 is 1.95 bits per heavy atom. The van der Waals surface area contributed by atoms with Crippen molar-refractivity contribution in [3.05, 3.63) is 39.9 Å². The number of sulfonamides is 1. The molecule has 8 heteroatoms. The van der Waals surface area contributed by atoms with Gasteiger partial charge in [-0.2, -0.15) is 0 Å². The Morgan fingerprint density at radius 1 is 1.37 bits per heavy atom. The molecule has 0 bridgehead atoms. The number of nitrogens with one attached hydrogen (secondary N) is 1. The molecule has 1 rings (SSSR count). The van der Waals surface area contributed by atoms with Gasteiger partial charge in [0, 0.05) is 24.8 Å². The summed E-state index contributed by atoms with van der Waals surface area (Å²) >= 11 is 0. The third-order valence-electron chi connectivity index (χ3n) is 2.45. The first-order chi connectivity index (χ1) is 8.84. The van der Waals surface area contributed by atoms with Gasteiger partial charge in [-0.3, -0.25) is 10.1 Å². The smallest absolute Gasteiger partial charge is 0.269 e. The van der Waals surface area contributed by atoms with Crippen LogP contribution in [0.3, 0.4) is 0 Å². The molecule has 0 heterocycles. The zero-order valence-corrected chi connectivity index (χ0v) is 11.3. The van der Waals surface area contributed by atoms with Gasteiger partial charge in [0.15, 0.2) is 0 Å². The van der Waals surface area contributed by atoms with Crippen molar-refractivity contribution in [2.24, 2.45) is 0 Å². The number of nitro groups is 1. The number of aliphatic hydroxyl groups is 1. The molecule has 0 spiro atoms. The molecule has 2 N–H and O–H groups in total. The van der Waals surface area contributed by atoms with Crippen LogP contribution in [0.1, 0.15) is 18.9 Å². The molecule has 0 aliphatic carbocycles. The lowest BCUT2D eigenvalue weighted by molar-refractivity contribution is -0.384. The lowest BCUT2D eigenvalue weighted by atomic mass is 10.2. The van der Waals surface area contributed by atoms with E-state index in [-0.39, 0.29) is 24.1 Å². The van der Waals surface area contributed by atoms with Crippen LogP contribution in [-0.4, -0.2) is 31.1 Å². The molecule has 1 aromatic rings. The summed E-state index contributed by atoms with van der Waals surface area (Å²) < 4.78 is 26.0. The molecule has 1 unspecified atom stereocenters. The number of rotatable bonds is 7. The minimum atomic E-state index is -3.52. The molecule has 19 heavy (non-hydrogen) atoms. The SMILES string of the molecule is CC(CCO)NS(=O)(=O)Cc1ccc([N+](=O)[O-])cc1. The molecular weight excluding hydrogens is 272 g/mol. The summed E-state index contributed by atoms with van der Waals surface area (Å²) in [6.45, 7) is 1.56. The van der Waals surface area contributed by atoms with Gasteiger partial charge in [0.25, 0.3) is 5.69 Å². The molecule has 0 saturated heterocycles. The van der Waals surface area contributed by atoms with Gasteiger partial charge in [-0.15, -0.1) is 0 Å². The molecule has 7 nitrogen and oxygen atoms in total. The van der Waals surface area contributed by atoms with Crippen molar-refractivity contribution in [2.75, 3.05) is 6.61 Å². The third kappa shape index (κ3) is 5.33. The van der Waals surface area contributed by atoms with E-state index < -0.39 is 14.9 Å². The van der Waals surface area contributed by atoms with Crippen LogP contribution in [0.2, 0.25) is 0 Å². The Morgan fingerprint density at radius 3 is 2.42 bits per heavy atom. The molecule has 0 aliphatic rings. The average Bonchev–Trinajstić information content (AvgIpc) is 2.28. The van der Waals surface area contributed by atoms with Crippen molar-refractivity contribution in [3.63, 3.8) is 0 Å². The van der Waals surface area contributed by atoms with Gasteiger partial charge >= 0.3 is 0 Å². The highest BCUT2D eigenvalue weighted by Gasteiger charge is 2.15. The fourth-order valence-corrected chi connectivity index (χ4v) is 2.98. The van der Waals surface area contributed by atoms with Gasteiger partial charge in [-0.05, 0) is 18.9 Å². The second-order valence-electron chi connectivity index (χ2n) is 4.21. The summed E-state index contributed by atoms with van der Waals surface area (Å²) in [7, 11) is -3.52. The molecule has 0 saturated carbocycles. The first kappa shape index (κ1) is 15.5. The number of benzene rings is 1. The van der Waals surface area contributed by atoms with Crippen LogP contribution in [0.25, 0.3) is 0 Å². The van der Waals surface area contributed by atoms with Gasteiger partial charge in [-0.25, -0.2) is 13.1 Å². The number of nitrogens with zero attached hydrogens (tertiary/aromatic N) is 1. The van der Waals surface area contributed by atoms with Gasteiger partial charge in [-0.1, -0.05) is 12.1 Å². The van der Waals surface area contributed by atoms with Crippen LogP contribution in [0.15, 0.2) is 24.3 Å². The number of hydrogen-bond acceptors (Lipinski definition) is 5. The lowest BCUT2D eigenvalue weighted by Gasteiger charge is -2.12. The van der Waals surface area contributed by atoms with E-state index in [2.05, 4.69) is 4.72 Å². The van der Waals surface area contributed by atoms with E-state index in [0.29, 0.717) is 12.0 Å². The average molecular weight is 288 g/mol. The fourth-order valence-electron chi connectivity index (χ4n) is 1.53. The molecule has 106 valence electrons. The number of non-ortho nitro benzene ring substituents is 1. The van der Waals surface area contributed by atoms with Crippen molar-refractivity contribution < 1.29 is 18.4 Å². The number of aliphatic hydroxyl groups excluding tert-OH is 1. The van der Waals surface area contributed by atoms with Gasteiger partial charge in [0.1, 0.15) is 0 Å². The van der Waals surface area contributed by atoms with Crippen molar-refractivity contribution in [1.29, 1.82) is 0 Å². The van der Waals surface area contributed by atoms with E-state index in [1.165, 1.54) is 24.3 Å². The quantitative estimate of drug-likeness (QED) is 0.569. The van der Waals surface area contributed by atoms with Crippen LogP contribution in [0.5, 0.6) is 0 Å². The number of nitro benzene ring substituents is 1. The molecule has 1 aromatic carbocycles. The molecule has 0 amide bonds. The maximum atomic E-state index is 11.8.